The fraction of sp³-hybridized carbons (Fsp3) is 0.238. The Hall–Kier alpha value is -2.17. The van der Waals surface area contributed by atoms with E-state index in [2.05, 4.69) is 0 Å². The highest BCUT2D eigenvalue weighted by Gasteiger charge is 2.35. The molecule has 1 amide bonds. The van der Waals surface area contributed by atoms with Gasteiger partial charge in [0.1, 0.15) is 6.54 Å². The fourth-order valence-electron chi connectivity index (χ4n) is 2.61. The van der Waals surface area contributed by atoms with Gasteiger partial charge in [-0.2, -0.15) is 26.3 Å². The van der Waals surface area contributed by atoms with Crippen LogP contribution < -0.4 is 5.32 Å². The van der Waals surface area contributed by atoms with Crippen LogP contribution in [0, 0.1) is 6.92 Å². The predicted octanol–water partition coefficient (Wildman–Crippen LogP) is 6.90. The summed E-state index contributed by atoms with van der Waals surface area (Å²) in [5.41, 5.74) is -1.19. The lowest BCUT2D eigenvalue weighted by atomic mass is 10.0. The topological polar surface area (TPSA) is 46.2 Å². The van der Waals surface area contributed by atoms with Gasteiger partial charge in [0.15, 0.2) is 5.78 Å². The molecule has 178 valence electrons. The molecule has 0 radical (unpaired) electrons. The van der Waals surface area contributed by atoms with Crippen LogP contribution in [0.3, 0.4) is 0 Å². The van der Waals surface area contributed by atoms with E-state index in [1.54, 1.807) is 12.2 Å². The van der Waals surface area contributed by atoms with Gasteiger partial charge in [-0.15, -0.1) is 11.8 Å². The zero-order valence-corrected chi connectivity index (χ0v) is 19.0. The Morgan fingerprint density at radius 3 is 2.09 bits per heavy atom. The third-order valence-electron chi connectivity index (χ3n) is 4.06. The normalized spacial score (nSPS) is 12.6. The van der Waals surface area contributed by atoms with E-state index in [9.17, 15) is 35.9 Å². The molecule has 0 saturated carbocycles. The molecule has 0 aliphatic heterocycles. The molecule has 2 aromatic carbocycles. The van der Waals surface area contributed by atoms with Crippen molar-refractivity contribution in [3.05, 3.63) is 69.2 Å². The molecule has 2 rings (SSSR count). The average molecular weight is 530 g/mol. The zero-order valence-electron chi connectivity index (χ0n) is 16.7. The van der Waals surface area contributed by atoms with E-state index < -0.39 is 36.2 Å². The molecule has 2 aromatic rings. The van der Waals surface area contributed by atoms with E-state index >= 15 is 0 Å². The first-order chi connectivity index (χ1) is 15.2. The lowest BCUT2D eigenvalue weighted by Gasteiger charge is -2.13. The van der Waals surface area contributed by atoms with Gasteiger partial charge in [0.2, 0.25) is 5.91 Å². The Balaban J connectivity index is 2.21. The Morgan fingerprint density at radius 1 is 0.970 bits per heavy atom. The van der Waals surface area contributed by atoms with Gasteiger partial charge in [0.05, 0.1) is 11.3 Å². The minimum Gasteiger partial charge on any atom is -0.346 e. The van der Waals surface area contributed by atoms with Crippen LogP contribution in [0.25, 0.3) is 5.57 Å². The maximum Gasteiger partial charge on any atom is 0.417 e. The van der Waals surface area contributed by atoms with Crippen LogP contribution in [-0.2, 0) is 4.79 Å². The van der Waals surface area contributed by atoms with Crippen LogP contribution in [0.4, 0.5) is 26.3 Å². The Morgan fingerprint density at radius 2 is 1.58 bits per heavy atom. The highest BCUT2D eigenvalue weighted by molar-refractivity contribution is 8.00. The van der Waals surface area contributed by atoms with Crippen molar-refractivity contribution < 1.29 is 35.9 Å². The second-order valence-corrected chi connectivity index (χ2v) is 8.63. The first-order valence-electron chi connectivity index (χ1n) is 9.02. The molecule has 0 unspecified atom stereocenters. The van der Waals surface area contributed by atoms with Crippen molar-refractivity contribution in [2.24, 2.45) is 0 Å². The fourth-order valence-corrected chi connectivity index (χ4v) is 3.98. The van der Waals surface area contributed by atoms with Gasteiger partial charge in [0, 0.05) is 20.5 Å². The average Bonchev–Trinajstić information content (AvgIpc) is 2.67. The molecule has 33 heavy (non-hydrogen) atoms. The van der Waals surface area contributed by atoms with Gasteiger partial charge in [-0.1, -0.05) is 23.2 Å². The molecule has 0 aromatic heterocycles. The number of carbonyl (C=O) groups is 2. The molecule has 3 nitrogen and oxygen atoms in total. The van der Waals surface area contributed by atoms with Crippen LogP contribution in [0.1, 0.15) is 21.5 Å². The third-order valence-corrected chi connectivity index (χ3v) is 5.67. The van der Waals surface area contributed by atoms with Gasteiger partial charge >= 0.3 is 12.4 Å². The van der Waals surface area contributed by atoms with Crippen LogP contribution in [0.5, 0.6) is 0 Å². The number of amides is 1. The summed E-state index contributed by atoms with van der Waals surface area (Å²) in [6.45, 7) is 0.0996. The van der Waals surface area contributed by atoms with Gasteiger partial charge in [-0.25, -0.2) is 0 Å². The van der Waals surface area contributed by atoms with E-state index in [1.165, 1.54) is 24.3 Å². The molecule has 0 aliphatic rings. The third kappa shape index (κ3) is 8.60. The smallest absolute Gasteiger partial charge is 0.346 e. The van der Waals surface area contributed by atoms with E-state index in [-0.39, 0.29) is 26.9 Å². The molecule has 0 fully saturated rings. The molecule has 1 N–H and O–H groups in total. The maximum atomic E-state index is 13.6. The lowest BCUT2D eigenvalue weighted by Crippen LogP contribution is -2.34. The highest BCUT2D eigenvalue weighted by Crippen LogP contribution is 2.36. The first kappa shape index (κ1) is 27.1. The first-order valence-corrected chi connectivity index (χ1v) is 10.8. The number of carbonyl (C=O) groups excluding carboxylic acids is 2. The quantitative estimate of drug-likeness (QED) is 0.183. The second-order valence-electron chi connectivity index (χ2n) is 6.74. The van der Waals surface area contributed by atoms with Gasteiger partial charge in [-0.3, -0.25) is 9.59 Å². The minimum absolute atomic E-state index is 0.0309. The molecule has 12 heteroatoms. The van der Waals surface area contributed by atoms with Crippen molar-refractivity contribution in [1.82, 2.24) is 5.32 Å². The molecule has 0 spiro atoms. The number of benzene rings is 2. The van der Waals surface area contributed by atoms with Crippen molar-refractivity contribution in [3.63, 3.8) is 0 Å². The largest absolute Gasteiger partial charge is 0.417 e. The summed E-state index contributed by atoms with van der Waals surface area (Å²) < 4.78 is 77.1. The maximum absolute atomic E-state index is 13.6. The number of allylic oxidation sites excluding steroid dienone is 2. The number of ketones is 1. The van der Waals surface area contributed by atoms with Gasteiger partial charge < -0.3 is 5.32 Å². The number of aryl methyl sites for hydroxylation is 1. The van der Waals surface area contributed by atoms with Crippen LogP contribution in [-0.4, -0.2) is 36.3 Å². The van der Waals surface area contributed by atoms with Crippen molar-refractivity contribution in [2.75, 3.05) is 12.3 Å². The molecule has 0 atom stereocenters. The molecular weight excluding hydrogens is 515 g/mol. The Bertz CT molecular complexity index is 1060. The Labute approximate surface area is 199 Å². The lowest BCUT2D eigenvalue weighted by molar-refractivity contribution is -0.136. The summed E-state index contributed by atoms with van der Waals surface area (Å²) in [6.07, 6.45) is -8.95. The van der Waals surface area contributed by atoms with Gasteiger partial charge in [-0.05, 0) is 60.5 Å². The summed E-state index contributed by atoms with van der Waals surface area (Å²) in [6, 6.07) is 7.32. The zero-order chi connectivity index (χ0) is 25.0. The van der Waals surface area contributed by atoms with E-state index in [0.29, 0.717) is 16.5 Å². The molecule has 0 heterocycles. The Kier molecular flexibility index (Phi) is 8.89. The van der Waals surface area contributed by atoms with Crippen molar-refractivity contribution >= 4 is 52.2 Å². The van der Waals surface area contributed by atoms with E-state index in [1.807, 2.05) is 0 Å². The van der Waals surface area contributed by atoms with Crippen molar-refractivity contribution in [1.29, 1.82) is 0 Å². The predicted molar refractivity (Wildman–Crippen MR) is 116 cm³/mol. The number of hydrogen-bond donors (Lipinski definition) is 1. The molecule has 0 aliphatic carbocycles. The highest BCUT2D eigenvalue weighted by atomic mass is 35.5. The summed E-state index contributed by atoms with van der Waals surface area (Å²) in [5, 5.41) is 1.67. The standard InChI is InChI=1S/C21H15Cl2F6NO2S/c1-11-4-12(2-3-18(11)33-9-19(32)30-10-20(24,25)26)17(31)8-16(21(27,28)29)13-5-14(22)7-15(23)6-13/h2-8H,9-10H2,1H3,(H,30,32)/b16-8+. The monoisotopic (exact) mass is 529 g/mol. The summed E-state index contributed by atoms with van der Waals surface area (Å²) in [7, 11) is 0. The summed E-state index contributed by atoms with van der Waals surface area (Å²) in [4.78, 5) is 24.5. The second kappa shape index (κ2) is 10.8. The molecule has 0 bridgehead atoms. The van der Waals surface area contributed by atoms with Crippen molar-refractivity contribution in [2.45, 2.75) is 24.2 Å². The van der Waals surface area contributed by atoms with E-state index in [0.717, 1.165) is 23.9 Å². The molecular formula is C21H15Cl2F6NO2S. The van der Waals surface area contributed by atoms with E-state index in [4.69, 9.17) is 23.2 Å². The number of rotatable bonds is 7. The number of hydrogen-bond acceptors (Lipinski definition) is 3. The van der Waals surface area contributed by atoms with Crippen molar-refractivity contribution in [3.8, 4) is 0 Å². The number of nitrogens with one attached hydrogen (secondary N) is 1. The van der Waals surface area contributed by atoms with Crippen LogP contribution >= 0.6 is 35.0 Å². The summed E-state index contributed by atoms with van der Waals surface area (Å²) in [5.74, 6) is -2.08. The number of thioether (sulfide) groups is 1. The molecule has 0 saturated heterocycles. The SMILES string of the molecule is Cc1cc(C(=O)/C=C(\c2cc(Cl)cc(Cl)c2)C(F)(F)F)ccc1SCC(=O)NCC(F)(F)F. The van der Waals surface area contributed by atoms with Crippen LogP contribution in [0.2, 0.25) is 10.0 Å². The number of halogens is 8. The van der Waals surface area contributed by atoms with Crippen LogP contribution in [0.15, 0.2) is 47.4 Å². The number of alkyl halides is 6. The summed E-state index contributed by atoms with van der Waals surface area (Å²) >= 11 is 12.5. The van der Waals surface area contributed by atoms with Gasteiger partial charge in [0.25, 0.3) is 0 Å². The minimum atomic E-state index is -4.86.